The lowest BCUT2D eigenvalue weighted by Gasteiger charge is -2.11. The zero-order valence-electron chi connectivity index (χ0n) is 13.5. The first kappa shape index (κ1) is 22.0. The Hall–Kier alpha value is -1.04. The third-order valence-corrected chi connectivity index (χ3v) is 5.47. The van der Waals surface area contributed by atoms with Crippen molar-refractivity contribution in [3.8, 4) is 0 Å². The molecule has 0 bridgehead atoms. The van der Waals surface area contributed by atoms with Gasteiger partial charge in [0.25, 0.3) is 20.2 Å². The Balaban J connectivity index is 4.30. The predicted octanol–water partition coefficient (Wildman–Crippen LogP) is -0.00160. The number of ketones is 1. The molecule has 11 heteroatoms. The molecule has 23 heavy (non-hydrogen) atoms. The molecule has 0 radical (unpaired) electrons. The molecule has 0 aromatic rings. The summed E-state index contributed by atoms with van der Waals surface area (Å²) in [4.78, 5) is 22.0. The number of esters is 1. The Morgan fingerprint density at radius 2 is 1.26 bits per heavy atom. The van der Waals surface area contributed by atoms with Crippen LogP contribution in [0.4, 0.5) is 0 Å². The van der Waals surface area contributed by atoms with Gasteiger partial charge in [0, 0.05) is 0 Å². The largest absolute Gasteiger partial charge is 0.467 e. The first-order valence-electron chi connectivity index (χ1n) is 6.80. The van der Waals surface area contributed by atoms with Crippen molar-refractivity contribution in [3.63, 3.8) is 0 Å². The van der Waals surface area contributed by atoms with Crippen molar-refractivity contribution in [3.05, 3.63) is 0 Å². The van der Waals surface area contributed by atoms with Crippen LogP contribution in [0.15, 0.2) is 0 Å². The van der Waals surface area contributed by atoms with E-state index in [9.17, 15) is 26.4 Å². The van der Waals surface area contributed by atoms with E-state index in [0.717, 1.165) is 7.11 Å². The molecule has 0 aromatic heterocycles. The summed E-state index contributed by atoms with van der Waals surface area (Å²) < 4.78 is 59.9. The SMILES string of the molecule is COC(=O)C(C)OS(=O)(=O)CCCCS(=O)(=O)OC(C)C(C)=O. The van der Waals surface area contributed by atoms with E-state index in [2.05, 4.69) is 13.1 Å². The predicted molar refractivity (Wildman–Crippen MR) is 80.6 cm³/mol. The quantitative estimate of drug-likeness (QED) is 0.278. The molecule has 2 atom stereocenters. The second-order valence-electron chi connectivity index (χ2n) is 4.84. The van der Waals surface area contributed by atoms with Crippen LogP contribution >= 0.6 is 0 Å². The van der Waals surface area contributed by atoms with Crippen molar-refractivity contribution in [2.24, 2.45) is 0 Å². The fraction of sp³-hybridized carbons (Fsp3) is 0.833. The average molecular weight is 374 g/mol. The second-order valence-corrected chi connectivity index (χ2v) is 8.27. The lowest BCUT2D eigenvalue weighted by atomic mass is 10.3. The summed E-state index contributed by atoms with van der Waals surface area (Å²) in [6.45, 7) is 3.74. The van der Waals surface area contributed by atoms with Crippen LogP contribution in [0.2, 0.25) is 0 Å². The van der Waals surface area contributed by atoms with E-state index in [1.54, 1.807) is 0 Å². The molecule has 0 amide bonds. The Labute approximate surface area is 136 Å². The van der Waals surface area contributed by atoms with E-state index < -0.39 is 55.7 Å². The highest BCUT2D eigenvalue weighted by Crippen LogP contribution is 2.08. The minimum Gasteiger partial charge on any atom is -0.467 e. The number of rotatable bonds is 11. The van der Waals surface area contributed by atoms with Crippen molar-refractivity contribution >= 4 is 32.0 Å². The topological polar surface area (TPSA) is 130 Å². The van der Waals surface area contributed by atoms with Gasteiger partial charge in [-0.15, -0.1) is 0 Å². The fourth-order valence-corrected chi connectivity index (χ4v) is 3.77. The highest BCUT2D eigenvalue weighted by molar-refractivity contribution is 7.87. The summed E-state index contributed by atoms with van der Waals surface area (Å²) in [5, 5.41) is 0. The molecular formula is C12H22O9S2. The lowest BCUT2D eigenvalue weighted by Crippen LogP contribution is -2.27. The Morgan fingerprint density at radius 1 is 0.870 bits per heavy atom. The molecule has 0 aliphatic rings. The van der Waals surface area contributed by atoms with Crippen LogP contribution in [0.3, 0.4) is 0 Å². The summed E-state index contributed by atoms with van der Waals surface area (Å²) in [7, 11) is -6.80. The highest BCUT2D eigenvalue weighted by atomic mass is 32.2. The molecule has 0 heterocycles. The van der Waals surface area contributed by atoms with Crippen molar-refractivity contribution in [2.45, 2.75) is 45.8 Å². The minimum absolute atomic E-state index is 0.00214. The summed E-state index contributed by atoms with van der Waals surface area (Å²) in [5.74, 6) is -2.14. The maximum Gasteiger partial charge on any atom is 0.336 e. The van der Waals surface area contributed by atoms with Crippen LogP contribution in [0.25, 0.3) is 0 Å². The van der Waals surface area contributed by atoms with E-state index in [4.69, 9.17) is 0 Å². The third kappa shape index (κ3) is 9.64. The number of hydrogen-bond donors (Lipinski definition) is 0. The maximum atomic E-state index is 11.6. The molecule has 136 valence electrons. The number of unbranched alkanes of at least 4 members (excludes halogenated alkanes) is 1. The minimum atomic E-state index is -3.98. The van der Waals surface area contributed by atoms with Gasteiger partial charge in [-0.1, -0.05) is 0 Å². The van der Waals surface area contributed by atoms with Gasteiger partial charge in [0.2, 0.25) is 0 Å². The monoisotopic (exact) mass is 374 g/mol. The van der Waals surface area contributed by atoms with Crippen LogP contribution in [-0.2, 0) is 42.9 Å². The molecule has 0 aromatic carbocycles. The van der Waals surface area contributed by atoms with Gasteiger partial charge < -0.3 is 4.74 Å². The second kappa shape index (κ2) is 9.30. The van der Waals surface area contributed by atoms with Crippen molar-refractivity contribution in [2.75, 3.05) is 18.6 Å². The van der Waals surface area contributed by atoms with E-state index in [1.807, 2.05) is 0 Å². The average Bonchev–Trinajstić information content (AvgIpc) is 2.41. The van der Waals surface area contributed by atoms with Crippen LogP contribution in [0, 0.1) is 0 Å². The molecule has 0 aliphatic carbocycles. The van der Waals surface area contributed by atoms with Gasteiger partial charge in [-0.05, 0) is 33.6 Å². The molecule has 0 saturated heterocycles. The molecule has 9 nitrogen and oxygen atoms in total. The van der Waals surface area contributed by atoms with Crippen LogP contribution in [-0.4, -0.2) is 59.4 Å². The molecule has 2 unspecified atom stereocenters. The van der Waals surface area contributed by atoms with Gasteiger partial charge in [0.05, 0.1) is 18.6 Å². The summed E-state index contributed by atoms with van der Waals surface area (Å²) in [6.07, 6.45) is -2.35. The molecule has 0 fully saturated rings. The molecule has 0 saturated carbocycles. The van der Waals surface area contributed by atoms with Gasteiger partial charge in [-0.2, -0.15) is 16.8 Å². The number of Topliss-reactive ketones (excluding diaryl/α,β-unsaturated/α-hetero) is 1. The Kier molecular flexibility index (Phi) is 8.88. The molecule has 0 rings (SSSR count). The van der Waals surface area contributed by atoms with Crippen molar-refractivity contribution in [1.82, 2.24) is 0 Å². The smallest absolute Gasteiger partial charge is 0.336 e. The summed E-state index contributed by atoms with van der Waals surface area (Å²) >= 11 is 0. The van der Waals surface area contributed by atoms with E-state index in [0.29, 0.717) is 0 Å². The van der Waals surface area contributed by atoms with Gasteiger partial charge in [0.15, 0.2) is 11.9 Å². The third-order valence-electron chi connectivity index (χ3n) is 2.73. The number of carbonyl (C=O) groups is 2. The molecule has 0 spiro atoms. The van der Waals surface area contributed by atoms with Gasteiger partial charge >= 0.3 is 5.97 Å². The standard InChI is InChI=1S/C12H22O9S2/c1-9(13)10(2)20-22(15,16)7-5-6-8-23(17,18)21-11(3)12(14)19-4/h10-11H,5-8H2,1-4H3. The zero-order chi connectivity index (χ0) is 18.3. The number of ether oxygens (including phenoxy) is 1. The Bertz CT molecular complexity index is 606. The first-order valence-corrected chi connectivity index (χ1v) is 9.96. The number of carbonyl (C=O) groups excluding carboxylic acids is 2. The van der Waals surface area contributed by atoms with E-state index >= 15 is 0 Å². The fourth-order valence-electron chi connectivity index (χ4n) is 1.37. The van der Waals surface area contributed by atoms with Crippen LogP contribution < -0.4 is 0 Å². The lowest BCUT2D eigenvalue weighted by molar-refractivity contribution is -0.147. The van der Waals surface area contributed by atoms with Crippen LogP contribution in [0.5, 0.6) is 0 Å². The normalized spacial score (nSPS) is 15.0. The van der Waals surface area contributed by atoms with Crippen molar-refractivity contribution in [1.29, 1.82) is 0 Å². The zero-order valence-corrected chi connectivity index (χ0v) is 15.1. The van der Waals surface area contributed by atoms with E-state index in [-0.39, 0.29) is 12.8 Å². The first-order chi connectivity index (χ1) is 10.4. The molecular weight excluding hydrogens is 352 g/mol. The van der Waals surface area contributed by atoms with Crippen LogP contribution in [0.1, 0.15) is 33.6 Å². The van der Waals surface area contributed by atoms with E-state index in [1.165, 1.54) is 20.8 Å². The number of hydrogen-bond acceptors (Lipinski definition) is 9. The highest BCUT2D eigenvalue weighted by Gasteiger charge is 2.23. The van der Waals surface area contributed by atoms with Gasteiger partial charge in [-0.25, -0.2) is 4.79 Å². The maximum absolute atomic E-state index is 11.6. The summed E-state index contributed by atoms with van der Waals surface area (Å²) in [5.41, 5.74) is 0. The molecule has 0 N–H and O–H groups in total. The molecule has 0 aliphatic heterocycles. The number of methoxy groups -OCH3 is 1. The van der Waals surface area contributed by atoms with Gasteiger partial charge in [0.1, 0.15) is 6.10 Å². The van der Waals surface area contributed by atoms with Gasteiger partial charge in [-0.3, -0.25) is 13.2 Å². The summed E-state index contributed by atoms with van der Waals surface area (Å²) in [6, 6.07) is 0. The van der Waals surface area contributed by atoms with Crippen molar-refractivity contribution < 1.29 is 39.5 Å². The Morgan fingerprint density at radius 3 is 1.61 bits per heavy atom.